The van der Waals surface area contributed by atoms with Crippen LogP contribution in [0.4, 0.5) is 8.78 Å². The average Bonchev–Trinajstić information content (AvgIpc) is 2.17. The molecule has 0 bridgehead atoms. The van der Waals surface area contributed by atoms with Gasteiger partial charge in [0.25, 0.3) is 0 Å². The van der Waals surface area contributed by atoms with Gasteiger partial charge in [0.05, 0.1) is 5.70 Å². The van der Waals surface area contributed by atoms with Gasteiger partial charge in [-0.1, -0.05) is 11.8 Å². The van der Waals surface area contributed by atoms with E-state index in [1.807, 2.05) is 0 Å². The van der Waals surface area contributed by atoms with Crippen LogP contribution in [-0.4, -0.2) is 10.9 Å². The first-order valence-corrected chi connectivity index (χ1v) is 5.28. The van der Waals surface area contributed by atoms with E-state index in [0.717, 1.165) is 6.07 Å². The van der Waals surface area contributed by atoms with Gasteiger partial charge in [-0.15, -0.1) is 0 Å². The van der Waals surface area contributed by atoms with Gasteiger partial charge < -0.3 is 5.73 Å². The molecule has 1 aliphatic rings. The van der Waals surface area contributed by atoms with Crippen LogP contribution in [0.25, 0.3) is 5.70 Å². The van der Waals surface area contributed by atoms with Crippen molar-refractivity contribution in [2.24, 2.45) is 10.7 Å². The van der Waals surface area contributed by atoms with Crippen LogP contribution >= 0.6 is 11.8 Å². The van der Waals surface area contributed by atoms with Crippen LogP contribution in [0, 0.1) is 11.6 Å². The van der Waals surface area contributed by atoms with Crippen molar-refractivity contribution in [3.8, 4) is 0 Å². The smallest absolute Gasteiger partial charge is 0.159 e. The predicted octanol–water partition coefficient (Wildman–Crippen LogP) is 2.37. The summed E-state index contributed by atoms with van der Waals surface area (Å²) >= 11 is 1.38. The zero-order chi connectivity index (χ0) is 10.8. The molecule has 1 aliphatic heterocycles. The van der Waals surface area contributed by atoms with E-state index >= 15 is 0 Å². The number of hydrogen-bond donors (Lipinski definition) is 1. The lowest BCUT2D eigenvalue weighted by Gasteiger charge is -2.09. The Labute approximate surface area is 89.9 Å². The fourth-order valence-corrected chi connectivity index (χ4v) is 1.84. The van der Waals surface area contributed by atoms with Crippen LogP contribution in [0.15, 0.2) is 29.3 Å². The summed E-state index contributed by atoms with van der Waals surface area (Å²) in [5.41, 5.74) is 6.26. The number of nitrogens with zero attached hydrogens (tertiary/aromatic N) is 1. The van der Waals surface area contributed by atoms with Gasteiger partial charge in [0.1, 0.15) is 11.6 Å². The molecule has 0 unspecified atom stereocenters. The summed E-state index contributed by atoms with van der Waals surface area (Å²) in [6.07, 6.45) is 1.76. The van der Waals surface area contributed by atoms with Crippen LogP contribution < -0.4 is 5.73 Å². The second-order valence-corrected chi connectivity index (χ2v) is 4.01. The Morgan fingerprint density at radius 1 is 1.33 bits per heavy atom. The third-order valence-corrected chi connectivity index (χ3v) is 2.67. The molecule has 0 amide bonds. The van der Waals surface area contributed by atoms with E-state index in [9.17, 15) is 8.78 Å². The van der Waals surface area contributed by atoms with E-state index in [-0.39, 0.29) is 5.56 Å². The van der Waals surface area contributed by atoms with Crippen LogP contribution in [0.2, 0.25) is 0 Å². The monoisotopic (exact) mass is 226 g/mol. The number of benzene rings is 1. The lowest BCUT2D eigenvalue weighted by atomic mass is 10.1. The van der Waals surface area contributed by atoms with Gasteiger partial charge in [0.2, 0.25) is 0 Å². The molecular formula is C10H8F2N2S. The second-order valence-electron chi connectivity index (χ2n) is 2.97. The van der Waals surface area contributed by atoms with Crippen LogP contribution in [0.3, 0.4) is 0 Å². The highest BCUT2D eigenvalue weighted by atomic mass is 32.2. The lowest BCUT2D eigenvalue weighted by molar-refractivity contribution is 0.581. The Balaban J connectivity index is 2.42. The summed E-state index contributed by atoms with van der Waals surface area (Å²) < 4.78 is 26.0. The van der Waals surface area contributed by atoms with Crippen molar-refractivity contribution in [1.82, 2.24) is 0 Å². The molecule has 15 heavy (non-hydrogen) atoms. The quantitative estimate of drug-likeness (QED) is 0.798. The molecule has 2 nitrogen and oxygen atoms in total. The van der Waals surface area contributed by atoms with Gasteiger partial charge in [0, 0.05) is 17.4 Å². The van der Waals surface area contributed by atoms with Gasteiger partial charge in [-0.25, -0.2) is 13.8 Å². The molecule has 1 aromatic carbocycles. The molecular weight excluding hydrogens is 218 g/mol. The fraction of sp³-hybridized carbons (Fsp3) is 0.100. The van der Waals surface area contributed by atoms with Crippen molar-refractivity contribution in [2.75, 3.05) is 5.75 Å². The van der Waals surface area contributed by atoms with E-state index in [1.165, 1.54) is 23.9 Å². The standard InChI is InChI=1S/C10H8F2N2S/c11-6-1-2-7(8(12)5-6)9-3-4-15-10(13)14-9/h1-3,5H,4H2,(H2,13,14). The summed E-state index contributed by atoms with van der Waals surface area (Å²) in [5.74, 6) is -0.565. The zero-order valence-corrected chi connectivity index (χ0v) is 8.52. The highest BCUT2D eigenvalue weighted by Crippen LogP contribution is 2.24. The largest absolute Gasteiger partial charge is 0.378 e. The maximum Gasteiger partial charge on any atom is 0.159 e. The summed E-state index contributed by atoms with van der Waals surface area (Å²) in [7, 11) is 0. The first-order chi connectivity index (χ1) is 7.16. The molecule has 0 saturated heterocycles. The Morgan fingerprint density at radius 2 is 2.13 bits per heavy atom. The Bertz CT molecular complexity index is 455. The number of aliphatic imine (C=N–C) groups is 1. The van der Waals surface area contributed by atoms with Gasteiger partial charge in [-0.3, -0.25) is 0 Å². The minimum absolute atomic E-state index is 0.277. The molecule has 0 fully saturated rings. The number of halogens is 2. The zero-order valence-electron chi connectivity index (χ0n) is 7.71. The highest BCUT2D eigenvalue weighted by Gasteiger charge is 2.11. The third-order valence-electron chi connectivity index (χ3n) is 1.95. The number of rotatable bonds is 1. The Hall–Kier alpha value is -1.36. The SMILES string of the molecule is NC1=NC(c2ccc(F)cc2F)=CCS1. The molecule has 0 aromatic heterocycles. The summed E-state index contributed by atoms with van der Waals surface area (Å²) in [5, 5.41) is 0.399. The third kappa shape index (κ3) is 2.18. The van der Waals surface area contributed by atoms with Crippen molar-refractivity contribution < 1.29 is 8.78 Å². The topological polar surface area (TPSA) is 38.4 Å². The fourth-order valence-electron chi connectivity index (χ4n) is 1.27. The van der Waals surface area contributed by atoms with E-state index in [0.29, 0.717) is 16.6 Å². The highest BCUT2D eigenvalue weighted by molar-refractivity contribution is 8.14. The maximum atomic E-state index is 13.4. The molecule has 0 atom stereocenters. The van der Waals surface area contributed by atoms with Gasteiger partial charge >= 0.3 is 0 Å². The predicted molar refractivity (Wildman–Crippen MR) is 58.4 cm³/mol. The van der Waals surface area contributed by atoms with Crippen molar-refractivity contribution >= 4 is 22.6 Å². The van der Waals surface area contributed by atoms with Crippen LogP contribution in [-0.2, 0) is 0 Å². The minimum Gasteiger partial charge on any atom is -0.378 e. The minimum atomic E-state index is -0.621. The van der Waals surface area contributed by atoms with Crippen LogP contribution in [0.1, 0.15) is 5.56 Å². The summed E-state index contributed by atoms with van der Waals surface area (Å²) in [6, 6.07) is 3.40. The van der Waals surface area contributed by atoms with E-state index in [1.54, 1.807) is 6.08 Å². The first kappa shape index (κ1) is 10.2. The van der Waals surface area contributed by atoms with Crippen molar-refractivity contribution in [2.45, 2.75) is 0 Å². The Kier molecular flexibility index (Phi) is 2.73. The average molecular weight is 226 g/mol. The molecule has 5 heteroatoms. The Morgan fingerprint density at radius 3 is 2.80 bits per heavy atom. The second kappa shape index (κ2) is 4.02. The normalized spacial score (nSPS) is 15.9. The first-order valence-electron chi connectivity index (χ1n) is 4.29. The van der Waals surface area contributed by atoms with E-state index in [2.05, 4.69) is 4.99 Å². The van der Waals surface area contributed by atoms with Crippen LogP contribution in [0.5, 0.6) is 0 Å². The molecule has 0 radical (unpaired) electrons. The van der Waals surface area contributed by atoms with E-state index < -0.39 is 11.6 Å². The van der Waals surface area contributed by atoms with Crippen molar-refractivity contribution in [3.05, 3.63) is 41.5 Å². The molecule has 1 heterocycles. The molecule has 1 aromatic rings. The van der Waals surface area contributed by atoms with Gasteiger partial charge in [-0.2, -0.15) is 0 Å². The molecule has 0 spiro atoms. The van der Waals surface area contributed by atoms with Gasteiger partial charge in [0.15, 0.2) is 5.17 Å². The summed E-state index contributed by atoms with van der Waals surface area (Å²) in [4.78, 5) is 4.00. The lowest BCUT2D eigenvalue weighted by Crippen LogP contribution is -2.10. The molecule has 0 aliphatic carbocycles. The number of hydrogen-bond acceptors (Lipinski definition) is 3. The van der Waals surface area contributed by atoms with Crippen molar-refractivity contribution in [3.63, 3.8) is 0 Å². The molecule has 2 N–H and O–H groups in total. The van der Waals surface area contributed by atoms with E-state index in [4.69, 9.17) is 5.73 Å². The maximum absolute atomic E-state index is 13.4. The molecule has 0 saturated carbocycles. The number of amidine groups is 1. The van der Waals surface area contributed by atoms with Gasteiger partial charge in [-0.05, 0) is 18.2 Å². The number of thioether (sulfide) groups is 1. The molecule has 2 rings (SSSR count). The summed E-state index contributed by atoms with van der Waals surface area (Å²) in [6.45, 7) is 0. The number of nitrogens with two attached hydrogens (primary N) is 1. The molecule has 78 valence electrons. The van der Waals surface area contributed by atoms with Crippen molar-refractivity contribution in [1.29, 1.82) is 0 Å².